The number of aromatic nitrogens is 2. The number of piperazine rings is 1. The molecule has 0 amide bonds. The molecule has 1 aliphatic rings. The monoisotopic (exact) mass is 541 g/mol. The fourth-order valence-corrected chi connectivity index (χ4v) is 4.31. The van der Waals surface area contributed by atoms with E-state index in [4.69, 9.17) is 4.74 Å². The fraction of sp³-hybridized carbons (Fsp3) is 0.414. The van der Waals surface area contributed by atoms with Crippen LogP contribution in [0.15, 0.2) is 54.7 Å². The highest BCUT2D eigenvalue weighted by molar-refractivity contribution is 5.89. The Morgan fingerprint density at radius 1 is 1.00 bits per heavy atom. The summed E-state index contributed by atoms with van der Waals surface area (Å²) in [6.45, 7) is 9.19. The number of ether oxygens (including phenoxy) is 1. The predicted molar refractivity (Wildman–Crippen MR) is 145 cm³/mol. The summed E-state index contributed by atoms with van der Waals surface area (Å²) in [5.41, 5.74) is 1.20. The van der Waals surface area contributed by atoms with Crippen LogP contribution in [-0.2, 0) is 23.8 Å². The lowest BCUT2D eigenvalue weighted by Gasteiger charge is -2.34. The number of benzene rings is 2. The van der Waals surface area contributed by atoms with Gasteiger partial charge in [0.1, 0.15) is 5.60 Å². The number of carbonyl (C=O) groups excluding carboxylic acids is 1. The molecule has 1 aromatic heterocycles. The highest BCUT2D eigenvalue weighted by Gasteiger charge is 2.35. The van der Waals surface area contributed by atoms with E-state index in [1.165, 1.54) is 0 Å². The summed E-state index contributed by atoms with van der Waals surface area (Å²) in [4.78, 5) is 25.1. The summed E-state index contributed by atoms with van der Waals surface area (Å²) in [5.74, 6) is -0.389. The van der Waals surface area contributed by atoms with Crippen LogP contribution >= 0.6 is 0 Å². The number of aryl methyl sites for hydroxylation is 2. The summed E-state index contributed by atoms with van der Waals surface area (Å²) >= 11 is 0. The third kappa shape index (κ3) is 7.92. The first kappa shape index (κ1) is 28.4. The lowest BCUT2D eigenvalue weighted by Crippen LogP contribution is -2.44. The minimum absolute atomic E-state index is 0.0200. The quantitative estimate of drug-likeness (QED) is 0.383. The first-order valence-corrected chi connectivity index (χ1v) is 12.9. The van der Waals surface area contributed by atoms with Crippen LogP contribution in [0.5, 0.6) is 0 Å². The third-order valence-corrected chi connectivity index (χ3v) is 6.38. The SMILES string of the molecule is CN1CCN(c2ccc(Nc3ncc(C(F)(F)F)c(CCc4cccc(C(=O)OC(C)(C)C)c4)n3)cc2)CC1. The van der Waals surface area contributed by atoms with Crippen LogP contribution in [0.4, 0.5) is 30.5 Å². The molecule has 0 aliphatic carbocycles. The Morgan fingerprint density at radius 2 is 1.69 bits per heavy atom. The number of anilines is 3. The van der Waals surface area contributed by atoms with Gasteiger partial charge < -0.3 is 19.9 Å². The maximum atomic E-state index is 13.7. The number of hydrogen-bond donors (Lipinski definition) is 1. The van der Waals surface area contributed by atoms with Crippen LogP contribution in [0.1, 0.15) is 48.0 Å². The zero-order chi connectivity index (χ0) is 28.2. The minimum Gasteiger partial charge on any atom is -0.456 e. The van der Waals surface area contributed by atoms with Crippen molar-refractivity contribution in [2.45, 2.75) is 45.4 Å². The van der Waals surface area contributed by atoms with Gasteiger partial charge in [-0.25, -0.2) is 14.8 Å². The summed E-state index contributed by atoms with van der Waals surface area (Å²) in [5, 5.41) is 3.03. The zero-order valence-electron chi connectivity index (χ0n) is 22.7. The largest absolute Gasteiger partial charge is 0.456 e. The molecule has 0 bridgehead atoms. The molecule has 0 atom stereocenters. The van der Waals surface area contributed by atoms with Gasteiger partial charge in [-0.15, -0.1) is 0 Å². The van der Waals surface area contributed by atoms with Crippen LogP contribution in [0.2, 0.25) is 0 Å². The maximum Gasteiger partial charge on any atom is 0.419 e. The molecule has 2 heterocycles. The maximum absolute atomic E-state index is 13.7. The van der Waals surface area contributed by atoms with Crippen LogP contribution in [0.25, 0.3) is 0 Å². The fourth-order valence-electron chi connectivity index (χ4n) is 4.31. The van der Waals surface area contributed by atoms with Gasteiger partial charge in [0.15, 0.2) is 0 Å². The molecule has 39 heavy (non-hydrogen) atoms. The number of carbonyl (C=O) groups is 1. The van der Waals surface area contributed by atoms with E-state index < -0.39 is 23.3 Å². The van der Waals surface area contributed by atoms with E-state index in [1.807, 2.05) is 24.3 Å². The number of halogens is 3. The lowest BCUT2D eigenvalue weighted by atomic mass is 10.0. The number of hydrogen-bond acceptors (Lipinski definition) is 7. The molecule has 1 N–H and O–H groups in total. The molecule has 1 fully saturated rings. The van der Waals surface area contributed by atoms with Gasteiger partial charge in [-0.05, 0) is 82.6 Å². The topological polar surface area (TPSA) is 70.6 Å². The number of nitrogens with zero attached hydrogens (tertiary/aromatic N) is 4. The summed E-state index contributed by atoms with van der Waals surface area (Å²) in [6, 6.07) is 14.4. The summed E-state index contributed by atoms with van der Waals surface area (Å²) in [6.07, 6.45) is -3.49. The molecule has 2 aromatic carbocycles. The number of likely N-dealkylation sites (N-methyl/N-ethyl adjacent to an activating group) is 1. The number of esters is 1. The number of nitrogens with one attached hydrogen (secondary N) is 1. The molecule has 0 saturated carbocycles. The van der Waals surface area contributed by atoms with E-state index in [0.29, 0.717) is 16.8 Å². The third-order valence-electron chi connectivity index (χ3n) is 6.38. The van der Waals surface area contributed by atoms with Crippen molar-refractivity contribution in [3.8, 4) is 0 Å². The molecular formula is C29H34F3N5O2. The second kappa shape index (κ2) is 11.6. The van der Waals surface area contributed by atoms with E-state index in [9.17, 15) is 18.0 Å². The van der Waals surface area contributed by atoms with Crippen molar-refractivity contribution in [3.05, 3.63) is 77.1 Å². The molecule has 7 nitrogen and oxygen atoms in total. The van der Waals surface area contributed by atoms with Gasteiger partial charge in [-0.3, -0.25) is 0 Å². The van der Waals surface area contributed by atoms with Crippen molar-refractivity contribution in [3.63, 3.8) is 0 Å². The molecule has 3 aromatic rings. The highest BCUT2D eigenvalue weighted by Crippen LogP contribution is 2.32. The van der Waals surface area contributed by atoms with Gasteiger partial charge in [0.05, 0.1) is 16.8 Å². The summed E-state index contributed by atoms with van der Waals surface area (Å²) < 4.78 is 46.6. The average Bonchev–Trinajstić information content (AvgIpc) is 2.87. The van der Waals surface area contributed by atoms with Crippen molar-refractivity contribution in [2.24, 2.45) is 0 Å². The van der Waals surface area contributed by atoms with Crippen LogP contribution in [0, 0.1) is 0 Å². The molecule has 4 rings (SSSR count). The molecule has 1 saturated heterocycles. The van der Waals surface area contributed by atoms with E-state index in [2.05, 4.69) is 32.1 Å². The zero-order valence-corrected chi connectivity index (χ0v) is 22.7. The van der Waals surface area contributed by atoms with Gasteiger partial charge in [0.25, 0.3) is 0 Å². The van der Waals surface area contributed by atoms with Crippen molar-refractivity contribution in [1.82, 2.24) is 14.9 Å². The Morgan fingerprint density at radius 3 is 2.33 bits per heavy atom. The average molecular weight is 542 g/mol. The smallest absolute Gasteiger partial charge is 0.419 e. The molecule has 0 spiro atoms. The first-order chi connectivity index (χ1) is 18.4. The lowest BCUT2D eigenvalue weighted by molar-refractivity contribution is -0.138. The van der Waals surface area contributed by atoms with Crippen molar-refractivity contribution >= 4 is 23.3 Å². The molecule has 1 aliphatic heterocycles. The van der Waals surface area contributed by atoms with E-state index in [0.717, 1.165) is 38.1 Å². The Hall–Kier alpha value is -3.66. The number of alkyl halides is 3. The molecule has 208 valence electrons. The van der Waals surface area contributed by atoms with Gasteiger partial charge in [0, 0.05) is 43.8 Å². The van der Waals surface area contributed by atoms with Crippen LogP contribution in [0.3, 0.4) is 0 Å². The Balaban J connectivity index is 1.47. The van der Waals surface area contributed by atoms with Gasteiger partial charge >= 0.3 is 12.1 Å². The van der Waals surface area contributed by atoms with E-state index in [-0.39, 0.29) is 24.5 Å². The van der Waals surface area contributed by atoms with Crippen molar-refractivity contribution in [1.29, 1.82) is 0 Å². The Labute approximate surface area is 227 Å². The normalized spacial score (nSPS) is 14.8. The minimum atomic E-state index is -4.59. The van der Waals surface area contributed by atoms with Crippen LogP contribution in [-0.4, -0.2) is 59.7 Å². The van der Waals surface area contributed by atoms with Gasteiger partial charge in [0.2, 0.25) is 5.95 Å². The predicted octanol–water partition coefficient (Wildman–Crippen LogP) is 5.73. The summed E-state index contributed by atoms with van der Waals surface area (Å²) in [7, 11) is 2.10. The molecule has 0 unspecified atom stereocenters. The van der Waals surface area contributed by atoms with Crippen molar-refractivity contribution < 1.29 is 22.7 Å². The van der Waals surface area contributed by atoms with E-state index in [1.54, 1.807) is 45.0 Å². The molecule has 0 radical (unpaired) electrons. The second-order valence-corrected chi connectivity index (χ2v) is 10.7. The van der Waals surface area contributed by atoms with Gasteiger partial charge in [-0.1, -0.05) is 12.1 Å². The van der Waals surface area contributed by atoms with Crippen LogP contribution < -0.4 is 10.2 Å². The van der Waals surface area contributed by atoms with E-state index >= 15 is 0 Å². The second-order valence-electron chi connectivity index (χ2n) is 10.7. The van der Waals surface area contributed by atoms with Gasteiger partial charge in [-0.2, -0.15) is 13.2 Å². The first-order valence-electron chi connectivity index (χ1n) is 12.9. The standard InChI is InChI=1S/C29H34F3N5O2/c1-28(2,3)39-26(38)21-7-5-6-20(18-21)8-13-25-24(29(30,31)32)19-33-27(35-25)34-22-9-11-23(12-10-22)37-16-14-36(4)15-17-37/h5-7,9-12,18-19H,8,13-17H2,1-4H3,(H,33,34,35). The Kier molecular flexibility index (Phi) is 8.44. The highest BCUT2D eigenvalue weighted by atomic mass is 19.4. The number of rotatable bonds is 7. The van der Waals surface area contributed by atoms with Crippen molar-refractivity contribution in [2.75, 3.05) is 43.4 Å². The Bertz CT molecular complexity index is 1280. The molecule has 10 heteroatoms. The molecular weight excluding hydrogens is 507 g/mol.